The number of benzene rings is 2. The molecule has 0 saturated carbocycles. The van der Waals surface area contributed by atoms with Crippen LogP contribution in [0.2, 0.25) is 0 Å². The highest BCUT2D eigenvalue weighted by atomic mass is 16.1. The SMILES string of the molecule is CN(C)CCCN(CCC[N+](C)(C)C)c1ccc(N(CCC[N+](C)(C)C)CCC[N+](C)(C)C)c2c1C(=O)c1ccccc1C2=O. The van der Waals surface area contributed by atoms with E-state index in [1.807, 2.05) is 24.3 Å². The molecule has 0 amide bonds. The Morgan fingerprint density at radius 1 is 0.489 bits per heavy atom. The molecule has 0 spiro atoms. The van der Waals surface area contributed by atoms with Gasteiger partial charge in [0.1, 0.15) is 0 Å². The summed E-state index contributed by atoms with van der Waals surface area (Å²) in [5.41, 5.74) is 4.04. The van der Waals surface area contributed by atoms with Crippen molar-refractivity contribution in [1.29, 1.82) is 0 Å². The van der Waals surface area contributed by atoms with Crippen molar-refractivity contribution in [3.8, 4) is 0 Å². The zero-order valence-electron chi connectivity index (χ0n) is 30.4. The van der Waals surface area contributed by atoms with Gasteiger partial charge in [-0.15, -0.1) is 0 Å². The fourth-order valence-corrected chi connectivity index (χ4v) is 6.21. The molecule has 0 fully saturated rings. The maximum atomic E-state index is 14.5. The van der Waals surface area contributed by atoms with Crippen LogP contribution in [-0.2, 0) is 0 Å². The van der Waals surface area contributed by atoms with E-state index in [0.717, 1.165) is 103 Å². The van der Waals surface area contributed by atoms with Crippen molar-refractivity contribution < 1.29 is 23.0 Å². The number of hydrogen-bond acceptors (Lipinski definition) is 5. The average Bonchev–Trinajstić information content (AvgIpc) is 2.91. The summed E-state index contributed by atoms with van der Waals surface area (Å²) in [5, 5.41) is 0. The van der Waals surface area contributed by atoms with Crippen LogP contribution in [0.4, 0.5) is 11.4 Å². The summed E-state index contributed by atoms with van der Waals surface area (Å²) in [5.74, 6) is -0.0567. The summed E-state index contributed by atoms with van der Waals surface area (Å²) >= 11 is 0. The molecule has 8 nitrogen and oxygen atoms in total. The molecule has 2 aromatic rings. The molecule has 3 rings (SSSR count). The van der Waals surface area contributed by atoms with Gasteiger partial charge in [-0.25, -0.2) is 0 Å². The quantitative estimate of drug-likeness (QED) is 0.198. The molecule has 0 unspecified atom stereocenters. The average molecular weight is 624 g/mol. The van der Waals surface area contributed by atoms with Gasteiger partial charge in [0.05, 0.1) is 94.2 Å². The highest BCUT2D eigenvalue weighted by Crippen LogP contribution is 2.40. The van der Waals surface area contributed by atoms with Gasteiger partial charge < -0.3 is 28.1 Å². The number of fused-ring (bicyclic) bond motifs is 2. The van der Waals surface area contributed by atoms with Gasteiger partial charge in [-0.3, -0.25) is 9.59 Å². The number of hydrogen-bond donors (Lipinski definition) is 0. The number of carbonyl (C=O) groups excluding carboxylic acids is 2. The first-order chi connectivity index (χ1) is 20.9. The highest BCUT2D eigenvalue weighted by molar-refractivity contribution is 6.32. The van der Waals surface area contributed by atoms with Gasteiger partial charge in [0.2, 0.25) is 0 Å². The Bertz CT molecular complexity index is 1280. The summed E-state index contributed by atoms with van der Waals surface area (Å²) in [6.07, 6.45) is 3.99. The van der Waals surface area contributed by atoms with Gasteiger partial charge in [0.25, 0.3) is 0 Å². The van der Waals surface area contributed by atoms with Crippen molar-refractivity contribution >= 4 is 22.9 Å². The van der Waals surface area contributed by atoms with Gasteiger partial charge in [0, 0.05) is 67.9 Å². The molecule has 0 aliphatic heterocycles. The van der Waals surface area contributed by atoms with Gasteiger partial charge >= 0.3 is 0 Å². The molecule has 1 aliphatic rings. The van der Waals surface area contributed by atoms with Crippen LogP contribution in [0.1, 0.15) is 57.5 Å². The summed E-state index contributed by atoms with van der Waals surface area (Å²) < 4.78 is 2.68. The Morgan fingerprint density at radius 2 is 0.822 bits per heavy atom. The Hall–Kier alpha value is -2.78. The minimum Gasteiger partial charge on any atom is -0.371 e. The fraction of sp³-hybridized carbons (Fsp3) is 0.622. The van der Waals surface area contributed by atoms with E-state index in [9.17, 15) is 9.59 Å². The van der Waals surface area contributed by atoms with Crippen LogP contribution in [0.5, 0.6) is 0 Å². The Labute approximate surface area is 274 Å². The molecule has 0 bridgehead atoms. The second-order valence-corrected chi connectivity index (χ2v) is 16.3. The van der Waals surface area contributed by atoms with Gasteiger partial charge in [0.15, 0.2) is 11.6 Å². The third kappa shape index (κ3) is 10.9. The van der Waals surface area contributed by atoms with E-state index in [0.29, 0.717) is 22.3 Å². The van der Waals surface area contributed by atoms with Crippen LogP contribution >= 0.6 is 0 Å². The smallest absolute Gasteiger partial charge is 0.196 e. The predicted octanol–water partition coefficient (Wildman–Crippen LogP) is 4.32. The zero-order valence-corrected chi connectivity index (χ0v) is 30.4. The van der Waals surface area contributed by atoms with Crippen LogP contribution in [0, 0.1) is 0 Å². The first-order valence-corrected chi connectivity index (χ1v) is 16.8. The predicted molar refractivity (Wildman–Crippen MR) is 190 cm³/mol. The molecule has 250 valence electrons. The van der Waals surface area contributed by atoms with E-state index in [1.54, 1.807) is 0 Å². The Kier molecular flexibility index (Phi) is 12.4. The standard InChI is InChI=1S/C37H63N6O2/c1-38(2)22-14-23-39(24-15-27-41(3,4)5)32-20-21-33(35-34(32)36(44)30-18-12-13-19-31(30)37(35)45)40(25-16-28-42(6,7)8)26-17-29-43(9,10)11/h12-13,18-21H,14-17,22-29H2,1-11H3/q+3. The number of ketones is 2. The molecule has 0 N–H and O–H groups in total. The van der Waals surface area contributed by atoms with Crippen LogP contribution in [0.15, 0.2) is 36.4 Å². The second-order valence-electron chi connectivity index (χ2n) is 16.3. The second kappa shape index (κ2) is 15.2. The molecule has 0 heterocycles. The van der Waals surface area contributed by atoms with Crippen LogP contribution in [0.3, 0.4) is 0 Å². The van der Waals surface area contributed by atoms with Crippen molar-refractivity contribution in [3.63, 3.8) is 0 Å². The van der Waals surface area contributed by atoms with E-state index in [2.05, 4.69) is 104 Å². The number of rotatable bonds is 18. The Morgan fingerprint density at radius 3 is 1.13 bits per heavy atom. The summed E-state index contributed by atoms with van der Waals surface area (Å²) in [7, 11) is 24.2. The maximum absolute atomic E-state index is 14.5. The van der Waals surface area contributed by atoms with Crippen molar-refractivity contribution in [2.24, 2.45) is 0 Å². The van der Waals surface area contributed by atoms with E-state index >= 15 is 0 Å². The molecular weight excluding hydrogens is 560 g/mol. The summed E-state index contributed by atoms with van der Waals surface area (Å²) in [4.78, 5) is 35.9. The maximum Gasteiger partial charge on any atom is 0.196 e. The van der Waals surface area contributed by atoms with E-state index in [4.69, 9.17) is 0 Å². The lowest BCUT2D eigenvalue weighted by Gasteiger charge is -2.35. The van der Waals surface area contributed by atoms with E-state index in [1.165, 1.54) is 0 Å². The van der Waals surface area contributed by atoms with Gasteiger partial charge in [-0.1, -0.05) is 24.3 Å². The molecule has 0 atom stereocenters. The van der Waals surface area contributed by atoms with Gasteiger partial charge in [-0.2, -0.15) is 0 Å². The fourth-order valence-electron chi connectivity index (χ4n) is 6.21. The molecule has 0 radical (unpaired) electrons. The topological polar surface area (TPSA) is 43.9 Å². The summed E-state index contributed by atoms with van der Waals surface area (Å²) in [6.45, 7) is 7.44. The first kappa shape index (κ1) is 36.7. The minimum absolute atomic E-state index is 0.0279. The molecule has 0 aromatic heterocycles. The van der Waals surface area contributed by atoms with Crippen molar-refractivity contribution in [2.45, 2.75) is 25.7 Å². The van der Waals surface area contributed by atoms with Gasteiger partial charge in [-0.05, 0) is 39.2 Å². The van der Waals surface area contributed by atoms with Crippen LogP contribution < -0.4 is 9.80 Å². The third-order valence-electron chi connectivity index (χ3n) is 8.52. The third-order valence-corrected chi connectivity index (χ3v) is 8.52. The minimum atomic E-state index is -0.0288. The molecule has 8 heteroatoms. The first-order valence-electron chi connectivity index (χ1n) is 16.8. The number of nitrogens with zero attached hydrogens (tertiary/aromatic N) is 6. The zero-order chi connectivity index (χ0) is 33.6. The molecule has 1 aliphatic carbocycles. The largest absolute Gasteiger partial charge is 0.371 e. The number of anilines is 2. The lowest BCUT2D eigenvalue weighted by atomic mass is 9.81. The van der Waals surface area contributed by atoms with Crippen molar-refractivity contribution in [1.82, 2.24) is 4.90 Å². The number of carbonyl (C=O) groups is 2. The molecule has 45 heavy (non-hydrogen) atoms. The number of quaternary nitrogens is 3. The lowest BCUT2D eigenvalue weighted by Crippen LogP contribution is -2.40. The Balaban J connectivity index is 2.14. The summed E-state index contributed by atoms with van der Waals surface area (Å²) in [6, 6.07) is 11.7. The lowest BCUT2D eigenvalue weighted by molar-refractivity contribution is -0.870. The van der Waals surface area contributed by atoms with Crippen molar-refractivity contribution in [2.75, 3.05) is 140 Å². The molecule has 2 aromatic carbocycles. The van der Waals surface area contributed by atoms with E-state index < -0.39 is 0 Å². The van der Waals surface area contributed by atoms with Crippen LogP contribution in [-0.4, -0.2) is 160 Å². The highest BCUT2D eigenvalue weighted by Gasteiger charge is 2.36. The monoisotopic (exact) mass is 623 g/mol. The molecule has 0 saturated heterocycles. The van der Waals surface area contributed by atoms with E-state index in [-0.39, 0.29) is 11.6 Å². The van der Waals surface area contributed by atoms with Crippen LogP contribution in [0.25, 0.3) is 0 Å². The molecular formula is C37H63N6O2+3. The normalized spacial score (nSPS) is 13.7. The van der Waals surface area contributed by atoms with Crippen molar-refractivity contribution in [3.05, 3.63) is 58.7 Å².